The highest BCUT2D eigenvalue weighted by Crippen LogP contribution is 2.19. The summed E-state index contributed by atoms with van der Waals surface area (Å²) in [5.74, 6) is 0.750. The number of aryl methyl sites for hydroxylation is 3. The average molecular weight is 311 g/mol. The Bertz CT molecular complexity index is 659. The van der Waals surface area contributed by atoms with E-state index in [1.165, 1.54) is 4.68 Å². The number of hydrogen-bond donors (Lipinski definition) is 1. The fourth-order valence-electron chi connectivity index (χ4n) is 1.99. The average Bonchev–Trinajstić information content (AvgIpc) is 2.79. The van der Waals surface area contributed by atoms with Crippen LogP contribution in [0.1, 0.15) is 36.8 Å². The molecule has 6 nitrogen and oxygen atoms in total. The lowest BCUT2D eigenvalue weighted by Crippen LogP contribution is -2.24. The lowest BCUT2D eigenvalue weighted by atomic mass is 10.2. The molecule has 2 rings (SSSR count). The van der Waals surface area contributed by atoms with E-state index in [-0.39, 0.29) is 10.6 Å². The third kappa shape index (κ3) is 3.44. The first-order chi connectivity index (χ1) is 10.0. The Morgan fingerprint density at radius 3 is 2.81 bits per heavy atom. The number of halogens is 1. The van der Waals surface area contributed by atoms with E-state index in [1.54, 1.807) is 6.20 Å². The van der Waals surface area contributed by atoms with E-state index in [2.05, 4.69) is 22.5 Å². The van der Waals surface area contributed by atoms with Gasteiger partial charge in [0.25, 0.3) is 5.56 Å². The topological polar surface area (TPSA) is 73.0 Å². The first kappa shape index (κ1) is 15.6. The van der Waals surface area contributed by atoms with Gasteiger partial charge in [0.1, 0.15) is 10.8 Å². The zero-order valence-electron chi connectivity index (χ0n) is 12.4. The predicted molar refractivity (Wildman–Crippen MR) is 81.7 cm³/mol. The van der Waals surface area contributed by atoms with Crippen LogP contribution in [0.25, 0.3) is 0 Å². The van der Waals surface area contributed by atoms with E-state index in [0.717, 1.165) is 29.9 Å². The summed E-state index contributed by atoms with van der Waals surface area (Å²) in [5, 5.41) is 11.3. The molecule has 0 saturated carbocycles. The number of hydrogen-bond acceptors (Lipinski definition) is 5. The van der Waals surface area contributed by atoms with Crippen LogP contribution in [-0.4, -0.2) is 14.9 Å². The molecule has 21 heavy (non-hydrogen) atoms. The van der Waals surface area contributed by atoms with Crippen molar-refractivity contribution in [1.82, 2.24) is 14.9 Å². The molecule has 0 aromatic carbocycles. The van der Waals surface area contributed by atoms with Crippen molar-refractivity contribution in [3.05, 3.63) is 38.6 Å². The number of unbranched alkanes of at least 4 members (excludes halogenated alkanes) is 1. The second kappa shape index (κ2) is 6.76. The van der Waals surface area contributed by atoms with E-state index in [1.807, 2.05) is 13.8 Å². The molecule has 0 bridgehead atoms. The van der Waals surface area contributed by atoms with E-state index in [9.17, 15) is 4.79 Å². The smallest absolute Gasteiger partial charge is 0.287 e. The van der Waals surface area contributed by atoms with Gasteiger partial charge in [-0.1, -0.05) is 30.1 Å². The Balaban J connectivity index is 2.14. The van der Waals surface area contributed by atoms with Crippen LogP contribution < -0.4 is 10.9 Å². The molecule has 1 N–H and O–H groups in total. The summed E-state index contributed by atoms with van der Waals surface area (Å²) in [6.45, 7) is 6.85. The minimum atomic E-state index is -0.270. The van der Waals surface area contributed by atoms with Crippen molar-refractivity contribution in [2.75, 3.05) is 5.32 Å². The molecular weight excluding hydrogens is 292 g/mol. The zero-order valence-corrected chi connectivity index (χ0v) is 13.2. The van der Waals surface area contributed by atoms with Gasteiger partial charge in [0.2, 0.25) is 0 Å². The molecule has 2 aromatic rings. The minimum absolute atomic E-state index is 0.160. The van der Waals surface area contributed by atoms with Gasteiger partial charge in [-0.3, -0.25) is 4.79 Å². The van der Waals surface area contributed by atoms with Crippen LogP contribution in [-0.2, 0) is 13.1 Å². The number of nitrogens with zero attached hydrogens (tertiary/aromatic N) is 3. The van der Waals surface area contributed by atoms with Gasteiger partial charge in [0, 0.05) is 18.7 Å². The molecule has 0 saturated heterocycles. The third-order valence-corrected chi connectivity index (χ3v) is 3.71. The molecule has 0 radical (unpaired) electrons. The van der Waals surface area contributed by atoms with Gasteiger partial charge >= 0.3 is 0 Å². The highest BCUT2D eigenvalue weighted by atomic mass is 35.5. The van der Waals surface area contributed by atoms with Crippen LogP contribution >= 0.6 is 11.6 Å². The summed E-state index contributed by atoms with van der Waals surface area (Å²) < 4.78 is 6.49. The Kier molecular flexibility index (Phi) is 5.01. The van der Waals surface area contributed by atoms with E-state index >= 15 is 0 Å². The van der Waals surface area contributed by atoms with Crippen molar-refractivity contribution < 1.29 is 4.52 Å². The monoisotopic (exact) mass is 310 g/mol. The first-order valence-electron chi connectivity index (χ1n) is 6.95. The van der Waals surface area contributed by atoms with E-state index < -0.39 is 0 Å². The lowest BCUT2D eigenvalue weighted by molar-refractivity contribution is 0.392. The normalized spacial score (nSPS) is 10.9. The van der Waals surface area contributed by atoms with E-state index in [0.29, 0.717) is 18.8 Å². The summed E-state index contributed by atoms with van der Waals surface area (Å²) in [6, 6.07) is 0. The maximum atomic E-state index is 12.1. The Morgan fingerprint density at radius 1 is 1.43 bits per heavy atom. The number of anilines is 1. The maximum Gasteiger partial charge on any atom is 0.287 e. The van der Waals surface area contributed by atoms with Gasteiger partial charge in [-0.05, 0) is 20.3 Å². The second-order valence-corrected chi connectivity index (χ2v) is 5.29. The van der Waals surface area contributed by atoms with Crippen molar-refractivity contribution in [3.63, 3.8) is 0 Å². The quantitative estimate of drug-likeness (QED) is 0.888. The molecule has 2 aromatic heterocycles. The zero-order chi connectivity index (χ0) is 15.4. The van der Waals surface area contributed by atoms with E-state index in [4.69, 9.17) is 16.1 Å². The van der Waals surface area contributed by atoms with Crippen molar-refractivity contribution in [1.29, 1.82) is 0 Å². The van der Waals surface area contributed by atoms with Crippen molar-refractivity contribution in [3.8, 4) is 0 Å². The fourth-order valence-corrected chi connectivity index (χ4v) is 2.21. The van der Waals surface area contributed by atoms with Crippen LogP contribution in [0.3, 0.4) is 0 Å². The molecule has 2 heterocycles. The predicted octanol–water partition coefficient (Wildman–Crippen LogP) is 2.91. The number of aromatic nitrogens is 3. The van der Waals surface area contributed by atoms with Crippen LogP contribution in [0, 0.1) is 13.8 Å². The summed E-state index contributed by atoms with van der Waals surface area (Å²) >= 11 is 6.12. The third-order valence-electron chi connectivity index (χ3n) is 3.35. The fraction of sp³-hybridized carbons (Fsp3) is 0.500. The molecule has 0 spiro atoms. The van der Waals surface area contributed by atoms with Crippen LogP contribution in [0.4, 0.5) is 5.69 Å². The van der Waals surface area contributed by atoms with Gasteiger partial charge in [-0.25, -0.2) is 4.68 Å². The standard InChI is InChI=1S/C14H19ClN4O2/c1-4-5-6-19-14(20)13(15)12(8-17-19)16-7-11-9(2)18-21-10(11)3/h8,16H,4-7H2,1-3H3. The lowest BCUT2D eigenvalue weighted by Gasteiger charge is -2.10. The van der Waals surface area contributed by atoms with Gasteiger partial charge in [-0.15, -0.1) is 0 Å². The Morgan fingerprint density at radius 2 is 2.19 bits per heavy atom. The largest absolute Gasteiger partial charge is 0.378 e. The highest BCUT2D eigenvalue weighted by molar-refractivity contribution is 6.32. The van der Waals surface area contributed by atoms with Gasteiger partial charge < -0.3 is 9.84 Å². The van der Waals surface area contributed by atoms with Gasteiger partial charge in [-0.2, -0.15) is 5.10 Å². The number of rotatable bonds is 6. The SMILES string of the molecule is CCCCn1ncc(NCc2c(C)noc2C)c(Cl)c1=O. The molecule has 0 atom stereocenters. The molecular formula is C14H19ClN4O2. The number of nitrogens with one attached hydrogen (secondary N) is 1. The van der Waals surface area contributed by atoms with Crippen LogP contribution in [0.5, 0.6) is 0 Å². The maximum absolute atomic E-state index is 12.1. The summed E-state index contributed by atoms with van der Waals surface area (Å²) in [7, 11) is 0. The molecule has 7 heteroatoms. The molecule has 0 unspecified atom stereocenters. The highest BCUT2D eigenvalue weighted by Gasteiger charge is 2.12. The molecule has 0 aliphatic heterocycles. The molecule has 114 valence electrons. The van der Waals surface area contributed by atoms with Crippen LogP contribution in [0.15, 0.2) is 15.5 Å². The first-order valence-corrected chi connectivity index (χ1v) is 7.33. The van der Waals surface area contributed by atoms with Crippen LogP contribution in [0.2, 0.25) is 5.02 Å². The van der Waals surface area contributed by atoms with Crippen molar-refractivity contribution in [2.24, 2.45) is 0 Å². The van der Waals surface area contributed by atoms with Gasteiger partial charge in [0.15, 0.2) is 0 Å². The Hall–Kier alpha value is -1.82. The summed E-state index contributed by atoms with van der Waals surface area (Å²) in [4.78, 5) is 12.1. The molecule has 0 amide bonds. The summed E-state index contributed by atoms with van der Waals surface area (Å²) in [6.07, 6.45) is 3.48. The molecule has 0 fully saturated rings. The molecule has 0 aliphatic rings. The Labute approximate surface area is 128 Å². The minimum Gasteiger partial charge on any atom is -0.378 e. The van der Waals surface area contributed by atoms with Gasteiger partial charge in [0.05, 0.1) is 17.6 Å². The molecule has 0 aliphatic carbocycles. The summed E-state index contributed by atoms with van der Waals surface area (Å²) in [5.41, 5.74) is 2.03. The van der Waals surface area contributed by atoms with Crippen molar-refractivity contribution >= 4 is 17.3 Å². The second-order valence-electron chi connectivity index (χ2n) is 4.91. The van der Waals surface area contributed by atoms with Crippen molar-refractivity contribution in [2.45, 2.75) is 46.7 Å².